The molecule has 108 valence electrons. The van der Waals surface area contributed by atoms with Gasteiger partial charge >= 0.3 is 0 Å². The Morgan fingerprint density at radius 1 is 1.05 bits per heavy atom. The first-order chi connectivity index (χ1) is 10.1. The first-order valence-electron chi connectivity index (χ1n) is 7.05. The summed E-state index contributed by atoms with van der Waals surface area (Å²) in [5.41, 5.74) is 3.59. The van der Waals surface area contributed by atoms with Crippen molar-refractivity contribution in [2.45, 2.75) is 39.7 Å². The van der Waals surface area contributed by atoms with Crippen molar-refractivity contribution >= 4 is 11.2 Å². The van der Waals surface area contributed by atoms with E-state index in [1.165, 1.54) is 0 Å². The minimum absolute atomic E-state index is 0.0259. The normalized spacial score (nSPS) is 13.0. The van der Waals surface area contributed by atoms with Crippen LogP contribution in [-0.2, 0) is 0 Å². The molecule has 0 aliphatic heterocycles. The summed E-state index contributed by atoms with van der Waals surface area (Å²) in [4.78, 5) is 22.1. The van der Waals surface area contributed by atoms with E-state index in [1.54, 1.807) is 18.6 Å². The van der Waals surface area contributed by atoms with E-state index in [0.29, 0.717) is 5.92 Å². The van der Waals surface area contributed by atoms with Gasteiger partial charge in [0.2, 0.25) is 0 Å². The molecule has 0 amide bonds. The van der Waals surface area contributed by atoms with Crippen molar-refractivity contribution in [2.24, 2.45) is 0 Å². The maximum Gasteiger partial charge on any atom is 0.164 e. The Kier molecular flexibility index (Phi) is 3.37. The summed E-state index contributed by atoms with van der Waals surface area (Å²) in [6.45, 7) is 8.21. The molecule has 0 bridgehead atoms. The Labute approximate surface area is 123 Å². The van der Waals surface area contributed by atoms with Gasteiger partial charge < -0.3 is 4.57 Å². The molecule has 0 radical (unpaired) electrons. The third kappa shape index (κ3) is 2.37. The first-order valence-corrected chi connectivity index (χ1v) is 7.05. The van der Waals surface area contributed by atoms with Crippen LogP contribution >= 0.6 is 0 Å². The van der Waals surface area contributed by atoms with Gasteiger partial charge in [0, 0.05) is 12.4 Å². The largest absolute Gasteiger partial charge is 0.306 e. The van der Waals surface area contributed by atoms with Crippen LogP contribution in [0.1, 0.15) is 49.9 Å². The molecule has 21 heavy (non-hydrogen) atoms. The Hall–Kier alpha value is -2.37. The quantitative estimate of drug-likeness (QED) is 0.738. The van der Waals surface area contributed by atoms with Gasteiger partial charge in [0.25, 0.3) is 0 Å². The summed E-state index contributed by atoms with van der Waals surface area (Å²) in [5.74, 6) is 1.07. The fourth-order valence-corrected chi connectivity index (χ4v) is 2.41. The van der Waals surface area contributed by atoms with Crippen molar-refractivity contribution in [3.05, 3.63) is 42.1 Å². The van der Waals surface area contributed by atoms with E-state index in [0.717, 1.165) is 28.4 Å². The summed E-state index contributed by atoms with van der Waals surface area (Å²) < 4.78 is 2.03. The molecule has 0 aromatic carbocycles. The number of rotatable bonds is 3. The van der Waals surface area contributed by atoms with Gasteiger partial charge in [0.05, 0.1) is 30.0 Å². The highest BCUT2D eigenvalue weighted by Gasteiger charge is 2.18. The molecule has 0 saturated heterocycles. The van der Waals surface area contributed by atoms with Crippen molar-refractivity contribution in [3.63, 3.8) is 0 Å². The summed E-state index contributed by atoms with van der Waals surface area (Å²) in [6.07, 6.45) is 6.95. The maximum atomic E-state index is 4.57. The van der Waals surface area contributed by atoms with Crippen LogP contribution in [0.25, 0.3) is 11.2 Å². The zero-order chi connectivity index (χ0) is 15.0. The fraction of sp³-hybridized carbons (Fsp3) is 0.400. The lowest BCUT2D eigenvalue weighted by Crippen LogP contribution is -2.09. The molecular formula is C15H18N6. The second kappa shape index (κ2) is 5.20. The monoisotopic (exact) mass is 282 g/mol. The van der Waals surface area contributed by atoms with E-state index < -0.39 is 0 Å². The molecule has 3 aromatic rings. The third-order valence-corrected chi connectivity index (χ3v) is 3.54. The van der Waals surface area contributed by atoms with Crippen molar-refractivity contribution in [1.82, 2.24) is 29.5 Å². The summed E-state index contributed by atoms with van der Waals surface area (Å²) in [6, 6.07) is 0.0259. The number of hydrogen-bond donors (Lipinski definition) is 0. The predicted molar refractivity (Wildman–Crippen MR) is 80.0 cm³/mol. The number of fused-ring (bicyclic) bond motifs is 1. The molecular weight excluding hydrogens is 264 g/mol. The molecule has 0 N–H and O–H groups in total. The summed E-state index contributed by atoms with van der Waals surface area (Å²) >= 11 is 0. The van der Waals surface area contributed by atoms with Crippen LogP contribution < -0.4 is 0 Å². The molecule has 1 atom stereocenters. The average molecular weight is 282 g/mol. The van der Waals surface area contributed by atoms with Crippen LogP contribution in [0.3, 0.4) is 0 Å². The molecule has 6 heteroatoms. The smallest absolute Gasteiger partial charge is 0.164 e. The Bertz CT molecular complexity index is 762. The first kappa shape index (κ1) is 13.6. The van der Waals surface area contributed by atoms with E-state index in [9.17, 15) is 0 Å². The number of hydrogen-bond acceptors (Lipinski definition) is 5. The van der Waals surface area contributed by atoms with E-state index in [2.05, 4.69) is 45.7 Å². The van der Waals surface area contributed by atoms with Gasteiger partial charge in [-0.1, -0.05) is 13.8 Å². The fourth-order valence-electron chi connectivity index (χ4n) is 2.41. The second-order valence-electron chi connectivity index (χ2n) is 5.44. The van der Waals surface area contributed by atoms with Crippen molar-refractivity contribution in [2.75, 3.05) is 0 Å². The molecule has 0 aliphatic carbocycles. The standard InChI is InChI=1S/C15H18N6/c1-9(2)13-14-15(20-11(4)19-13)21(8-18-14)10(3)12-7-16-5-6-17-12/h5-10H,1-4H3. The van der Waals surface area contributed by atoms with Gasteiger partial charge in [0.1, 0.15) is 11.3 Å². The van der Waals surface area contributed by atoms with Crippen molar-refractivity contribution in [1.29, 1.82) is 0 Å². The van der Waals surface area contributed by atoms with E-state index >= 15 is 0 Å². The molecule has 0 spiro atoms. The highest BCUT2D eigenvalue weighted by molar-refractivity contribution is 5.74. The van der Waals surface area contributed by atoms with Crippen LogP contribution in [0.15, 0.2) is 24.9 Å². The molecule has 0 aliphatic rings. The predicted octanol–water partition coefficient (Wildman–Crippen LogP) is 2.66. The molecule has 3 heterocycles. The number of aromatic nitrogens is 6. The highest BCUT2D eigenvalue weighted by atomic mass is 15.1. The molecule has 6 nitrogen and oxygen atoms in total. The second-order valence-corrected chi connectivity index (χ2v) is 5.44. The Morgan fingerprint density at radius 3 is 2.52 bits per heavy atom. The molecule has 3 aromatic heterocycles. The molecule has 0 fully saturated rings. The van der Waals surface area contributed by atoms with Crippen molar-refractivity contribution < 1.29 is 0 Å². The van der Waals surface area contributed by atoms with Crippen LogP contribution in [-0.4, -0.2) is 29.5 Å². The van der Waals surface area contributed by atoms with Crippen LogP contribution in [0.4, 0.5) is 0 Å². The van der Waals surface area contributed by atoms with Gasteiger partial charge in [-0.25, -0.2) is 15.0 Å². The lowest BCUT2D eigenvalue weighted by Gasteiger charge is -2.13. The number of aryl methyl sites for hydroxylation is 1. The van der Waals surface area contributed by atoms with Crippen LogP contribution in [0.5, 0.6) is 0 Å². The highest BCUT2D eigenvalue weighted by Crippen LogP contribution is 2.25. The Balaban J connectivity index is 2.17. The third-order valence-electron chi connectivity index (χ3n) is 3.54. The zero-order valence-electron chi connectivity index (χ0n) is 12.6. The minimum Gasteiger partial charge on any atom is -0.306 e. The van der Waals surface area contributed by atoms with E-state index in [4.69, 9.17) is 0 Å². The van der Waals surface area contributed by atoms with Gasteiger partial charge in [-0.15, -0.1) is 0 Å². The van der Waals surface area contributed by atoms with Crippen molar-refractivity contribution in [3.8, 4) is 0 Å². The van der Waals surface area contributed by atoms with Crippen LogP contribution in [0, 0.1) is 6.92 Å². The van der Waals surface area contributed by atoms with Gasteiger partial charge in [-0.2, -0.15) is 0 Å². The van der Waals surface area contributed by atoms with E-state index in [-0.39, 0.29) is 6.04 Å². The summed E-state index contributed by atoms with van der Waals surface area (Å²) in [5, 5.41) is 0. The van der Waals surface area contributed by atoms with Crippen LogP contribution in [0.2, 0.25) is 0 Å². The SMILES string of the molecule is Cc1nc(C(C)C)c2ncn(C(C)c3cnccn3)c2n1. The number of nitrogens with zero attached hydrogens (tertiary/aromatic N) is 6. The average Bonchev–Trinajstić information content (AvgIpc) is 2.90. The lowest BCUT2D eigenvalue weighted by molar-refractivity contribution is 0.628. The lowest BCUT2D eigenvalue weighted by atomic mass is 10.1. The number of imidazole rings is 1. The molecule has 0 saturated carbocycles. The van der Waals surface area contributed by atoms with Gasteiger partial charge in [-0.05, 0) is 19.8 Å². The molecule has 3 rings (SSSR count). The van der Waals surface area contributed by atoms with E-state index in [1.807, 2.05) is 17.8 Å². The minimum atomic E-state index is 0.0259. The Morgan fingerprint density at radius 2 is 1.86 bits per heavy atom. The zero-order valence-corrected chi connectivity index (χ0v) is 12.6. The van der Waals surface area contributed by atoms with Gasteiger partial charge in [-0.3, -0.25) is 9.97 Å². The maximum absolute atomic E-state index is 4.57. The summed E-state index contributed by atoms with van der Waals surface area (Å²) in [7, 11) is 0. The molecule has 1 unspecified atom stereocenters. The van der Waals surface area contributed by atoms with Gasteiger partial charge in [0.15, 0.2) is 5.65 Å². The topological polar surface area (TPSA) is 69.4 Å².